The molecular formula is C17H15N3O3. The number of nitrogens with zero attached hydrogens (tertiary/aromatic N) is 2. The fraction of sp³-hybridized carbons (Fsp3) is 0.176. The lowest BCUT2D eigenvalue weighted by molar-refractivity contribution is 0.440. The fourth-order valence-corrected chi connectivity index (χ4v) is 2.99. The molecule has 23 heavy (non-hydrogen) atoms. The second kappa shape index (κ2) is 5.01. The van der Waals surface area contributed by atoms with Gasteiger partial charge in [0.1, 0.15) is 23.1 Å². The number of pyridine rings is 1. The van der Waals surface area contributed by atoms with Gasteiger partial charge >= 0.3 is 0 Å². The maximum absolute atomic E-state index is 12.7. The summed E-state index contributed by atoms with van der Waals surface area (Å²) in [6.07, 6.45) is 2.08. The van der Waals surface area contributed by atoms with Gasteiger partial charge < -0.3 is 14.1 Å². The Morgan fingerprint density at radius 3 is 2.91 bits per heavy atom. The predicted octanol–water partition coefficient (Wildman–Crippen LogP) is 2.28. The van der Waals surface area contributed by atoms with Crippen molar-refractivity contribution in [1.82, 2.24) is 9.99 Å². The zero-order valence-corrected chi connectivity index (χ0v) is 12.5. The monoisotopic (exact) mass is 309 g/mol. The molecule has 0 saturated heterocycles. The number of benzene rings is 1. The Morgan fingerprint density at radius 2 is 2.13 bits per heavy atom. The van der Waals surface area contributed by atoms with E-state index in [-0.39, 0.29) is 22.9 Å². The topological polar surface area (TPSA) is 79.8 Å². The van der Waals surface area contributed by atoms with E-state index in [2.05, 4.69) is 10.5 Å². The Balaban J connectivity index is 1.83. The van der Waals surface area contributed by atoms with Crippen molar-refractivity contribution in [2.75, 3.05) is 0 Å². The third-order valence-corrected chi connectivity index (χ3v) is 4.20. The number of rotatable bonds is 2. The van der Waals surface area contributed by atoms with Crippen molar-refractivity contribution < 1.29 is 9.52 Å². The fourth-order valence-electron chi connectivity index (χ4n) is 2.99. The van der Waals surface area contributed by atoms with Crippen LogP contribution in [0, 0.1) is 0 Å². The van der Waals surface area contributed by atoms with E-state index in [0.29, 0.717) is 23.0 Å². The maximum Gasteiger partial charge on any atom is 0.263 e. The molecule has 6 nitrogen and oxygen atoms in total. The molecule has 0 bridgehead atoms. The highest BCUT2D eigenvalue weighted by Crippen LogP contribution is 2.30. The summed E-state index contributed by atoms with van der Waals surface area (Å²) in [5, 5.41) is 15.5. The minimum Gasteiger partial charge on any atom is -0.506 e. The Bertz CT molecular complexity index is 971. The number of fused-ring (bicyclic) bond motifs is 1. The number of nitrogens with one attached hydrogen (secondary N) is 1. The van der Waals surface area contributed by atoms with E-state index in [1.807, 2.05) is 24.3 Å². The van der Waals surface area contributed by atoms with Gasteiger partial charge in [0.15, 0.2) is 0 Å². The summed E-state index contributed by atoms with van der Waals surface area (Å²) in [6.45, 7) is 0. The molecule has 116 valence electrons. The van der Waals surface area contributed by atoms with Crippen LogP contribution in [0.15, 0.2) is 57.0 Å². The number of hydrazone groups is 1. The standard InChI is InChI=1S/C17H15N3O3/c1-20-13-6-3-2-5-10(13)16(21)15(17(20)22)12-9-11(18-19-12)14-7-4-8-23-14/h2-8,11,18,21H,9H2,1H3/t11-/m1/s1. The first kappa shape index (κ1) is 13.6. The third kappa shape index (κ3) is 2.03. The predicted molar refractivity (Wildman–Crippen MR) is 86.6 cm³/mol. The lowest BCUT2D eigenvalue weighted by Crippen LogP contribution is -2.24. The Labute approximate surface area is 131 Å². The molecule has 1 aromatic carbocycles. The smallest absolute Gasteiger partial charge is 0.263 e. The van der Waals surface area contributed by atoms with Crippen LogP contribution in [0.3, 0.4) is 0 Å². The van der Waals surface area contributed by atoms with Crippen LogP contribution in [0.1, 0.15) is 23.8 Å². The Kier molecular flexibility index (Phi) is 2.97. The molecule has 3 aromatic rings. The summed E-state index contributed by atoms with van der Waals surface area (Å²) < 4.78 is 6.91. The third-order valence-electron chi connectivity index (χ3n) is 4.20. The van der Waals surface area contributed by atoms with E-state index in [1.54, 1.807) is 25.4 Å². The van der Waals surface area contributed by atoms with Crippen LogP contribution in [0.5, 0.6) is 5.75 Å². The molecule has 1 aliphatic heterocycles. The van der Waals surface area contributed by atoms with Crippen molar-refractivity contribution in [3.8, 4) is 5.75 Å². The number of aromatic hydroxyl groups is 1. The van der Waals surface area contributed by atoms with Crippen molar-refractivity contribution in [2.24, 2.45) is 12.1 Å². The van der Waals surface area contributed by atoms with Crippen LogP contribution in [0.2, 0.25) is 0 Å². The highest BCUT2D eigenvalue weighted by molar-refractivity contribution is 6.07. The van der Waals surface area contributed by atoms with Crippen molar-refractivity contribution in [1.29, 1.82) is 0 Å². The van der Waals surface area contributed by atoms with Gasteiger partial charge in [-0.05, 0) is 24.3 Å². The van der Waals surface area contributed by atoms with E-state index in [0.717, 1.165) is 5.76 Å². The molecule has 2 N–H and O–H groups in total. The van der Waals surface area contributed by atoms with Gasteiger partial charge in [0.25, 0.3) is 5.56 Å². The van der Waals surface area contributed by atoms with Gasteiger partial charge in [-0.1, -0.05) is 12.1 Å². The minimum absolute atomic E-state index is 0.0238. The molecule has 0 fully saturated rings. The normalized spacial score (nSPS) is 17.3. The zero-order valence-electron chi connectivity index (χ0n) is 12.5. The Hall–Kier alpha value is -3.02. The van der Waals surface area contributed by atoms with Crippen LogP contribution in [-0.4, -0.2) is 15.4 Å². The van der Waals surface area contributed by atoms with Gasteiger partial charge in [-0.3, -0.25) is 10.2 Å². The van der Waals surface area contributed by atoms with Crippen molar-refractivity contribution in [3.05, 3.63) is 64.3 Å². The molecule has 0 aliphatic carbocycles. The van der Waals surface area contributed by atoms with Gasteiger partial charge in [-0.2, -0.15) is 5.10 Å². The van der Waals surface area contributed by atoms with Crippen LogP contribution in [0.25, 0.3) is 10.9 Å². The second-order valence-electron chi connectivity index (χ2n) is 5.56. The van der Waals surface area contributed by atoms with Crippen molar-refractivity contribution in [2.45, 2.75) is 12.5 Å². The van der Waals surface area contributed by atoms with Gasteiger partial charge in [-0.25, -0.2) is 0 Å². The molecule has 0 radical (unpaired) electrons. The molecule has 6 heteroatoms. The van der Waals surface area contributed by atoms with Crippen LogP contribution < -0.4 is 11.0 Å². The van der Waals surface area contributed by atoms with E-state index < -0.39 is 0 Å². The highest BCUT2D eigenvalue weighted by Gasteiger charge is 2.28. The van der Waals surface area contributed by atoms with E-state index >= 15 is 0 Å². The first-order chi connectivity index (χ1) is 11.2. The summed E-state index contributed by atoms with van der Waals surface area (Å²) in [6, 6.07) is 10.8. The Morgan fingerprint density at radius 1 is 1.30 bits per heavy atom. The van der Waals surface area contributed by atoms with Crippen molar-refractivity contribution >= 4 is 16.6 Å². The van der Waals surface area contributed by atoms with E-state index in [1.165, 1.54) is 4.57 Å². The molecule has 2 aromatic heterocycles. The summed E-state index contributed by atoms with van der Waals surface area (Å²) in [5.41, 5.74) is 4.17. The van der Waals surface area contributed by atoms with Crippen LogP contribution in [-0.2, 0) is 7.05 Å². The lowest BCUT2D eigenvalue weighted by Gasteiger charge is -2.11. The first-order valence-corrected chi connectivity index (χ1v) is 7.33. The molecule has 0 saturated carbocycles. The second-order valence-corrected chi connectivity index (χ2v) is 5.56. The number of hydrogen-bond acceptors (Lipinski definition) is 5. The summed E-state index contributed by atoms with van der Waals surface area (Å²) in [4.78, 5) is 12.7. The minimum atomic E-state index is -0.262. The largest absolute Gasteiger partial charge is 0.506 e. The molecule has 4 rings (SSSR count). The molecule has 1 atom stereocenters. The molecule has 0 unspecified atom stereocenters. The number of aryl methyl sites for hydroxylation is 1. The summed E-state index contributed by atoms with van der Waals surface area (Å²) in [7, 11) is 1.69. The average molecular weight is 309 g/mol. The number of aromatic nitrogens is 1. The summed E-state index contributed by atoms with van der Waals surface area (Å²) in [5.74, 6) is 0.727. The molecular weight excluding hydrogens is 294 g/mol. The molecule has 0 amide bonds. The van der Waals surface area contributed by atoms with Gasteiger partial charge in [0, 0.05) is 18.9 Å². The lowest BCUT2D eigenvalue weighted by atomic mass is 10.0. The number of para-hydroxylation sites is 1. The van der Waals surface area contributed by atoms with E-state index in [4.69, 9.17) is 4.42 Å². The quantitative estimate of drug-likeness (QED) is 0.761. The van der Waals surface area contributed by atoms with Crippen LogP contribution >= 0.6 is 0 Å². The van der Waals surface area contributed by atoms with Gasteiger partial charge in [0.05, 0.1) is 17.5 Å². The SMILES string of the molecule is Cn1c(=O)c(C2=NN[C@@H](c3ccco3)C2)c(O)c2ccccc21. The van der Waals surface area contributed by atoms with Crippen molar-refractivity contribution in [3.63, 3.8) is 0 Å². The maximum atomic E-state index is 12.7. The first-order valence-electron chi connectivity index (χ1n) is 7.33. The molecule has 0 spiro atoms. The highest BCUT2D eigenvalue weighted by atomic mass is 16.3. The molecule has 3 heterocycles. The molecule has 1 aliphatic rings. The van der Waals surface area contributed by atoms with E-state index in [9.17, 15) is 9.90 Å². The zero-order chi connectivity index (χ0) is 16.0. The number of hydrogen-bond donors (Lipinski definition) is 2. The average Bonchev–Trinajstić information content (AvgIpc) is 3.24. The summed E-state index contributed by atoms with van der Waals surface area (Å²) >= 11 is 0. The number of furan rings is 1. The van der Waals surface area contributed by atoms with Gasteiger partial charge in [0.2, 0.25) is 0 Å². The van der Waals surface area contributed by atoms with Crippen LogP contribution in [0.4, 0.5) is 0 Å². The van der Waals surface area contributed by atoms with Gasteiger partial charge in [-0.15, -0.1) is 0 Å².